The molecule has 0 unspecified atom stereocenters. The lowest BCUT2D eigenvalue weighted by molar-refractivity contribution is -0.0143. The first-order chi connectivity index (χ1) is 10.1. The van der Waals surface area contributed by atoms with Gasteiger partial charge >= 0.3 is 0 Å². The van der Waals surface area contributed by atoms with Gasteiger partial charge in [-0.25, -0.2) is 0 Å². The summed E-state index contributed by atoms with van der Waals surface area (Å²) in [5, 5.41) is 13.5. The molecule has 0 atom stereocenters. The molecule has 0 heterocycles. The van der Waals surface area contributed by atoms with Gasteiger partial charge in [-0.15, -0.1) is 0 Å². The normalized spacial score (nSPS) is 26.4. The van der Waals surface area contributed by atoms with Crippen molar-refractivity contribution < 1.29 is 5.11 Å². The minimum Gasteiger partial charge on any atom is -0.390 e. The average Bonchev–Trinajstić information content (AvgIpc) is 2.48. The van der Waals surface area contributed by atoms with Gasteiger partial charge in [-0.3, -0.25) is 0 Å². The number of aliphatic hydroxyl groups is 1. The van der Waals surface area contributed by atoms with Crippen molar-refractivity contribution in [1.82, 2.24) is 0 Å². The van der Waals surface area contributed by atoms with Gasteiger partial charge < -0.3 is 5.11 Å². The Morgan fingerprint density at radius 2 is 1.71 bits per heavy atom. The van der Waals surface area contributed by atoms with Crippen molar-refractivity contribution >= 4 is 10.8 Å². The molecule has 1 nitrogen and oxygen atoms in total. The molecule has 1 aliphatic rings. The molecule has 1 saturated carbocycles. The van der Waals surface area contributed by atoms with Gasteiger partial charge in [-0.05, 0) is 53.9 Å². The maximum absolute atomic E-state index is 11.0. The third-order valence-corrected chi connectivity index (χ3v) is 5.30. The van der Waals surface area contributed by atoms with Gasteiger partial charge in [0.2, 0.25) is 0 Å². The second-order valence-corrected chi connectivity index (χ2v) is 7.12. The summed E-state index contributed by atoms with van der Waals surface area (Å²) in [7, 11) is 0. The first-order valence-electron chi connectivity index (χ1n) is 8.26. The molecule has 0 bridgehead atoms. The van der Waals surface area contributed by atoms with E-state index in [9.17, 15) is 5.11 Å². The Morgan fingerprint density at radius 1 is 1.05 bits per heavy atom. The topological polar surface area (TPSA) is 20.2 Å². The molecule has 2 aromatic rings. The molecule has 0 spiro atoms. The lowest BCUT2D eigenvalue weighted by atomic mass is 9.72. The Labute approximate surface area is 128 Å². The molecule has 0 aromatic heterocycles. The van der Waals surface area contributed by atoms with E-state index in [0.717, 1.165) is 31.1 Å². The smallest absolute Gasteiger partial charge is 0.0688 e. The van der Waals surface area contributed by atoms with Crippen LogP contribution in [-0.4, -0.2) is 10.7 Å². The molecule has 1 heteroatoms. The van der Waals surface area contributed by atoms with E-state index in [0.29, 0.717) is 0 Å². The van der Waals surface area contributed by atoms with Crippen LogP contribution in [0.1, 0.15) is 45.1 Å². The van der Waals surface area contributed by atoms with Crippen LogP contribution in [0.3, 0.4) is 0 Å². The van der Waals surface area contributed by atoms with Crippen LogP contribution in [-0.2, 0) is 6.42 Å². The molecule has 3 rings (SSSR count). The number of hydrogen-bond donors (Lipinski definition) is 1. The molecule has 0 amide bonds. The Hall–Kier alpha value is -1.34. The van der Waals surface area contributed by atoms with Crippen LogP contribution in [0.15, 0.2) is 42.5 Å². The third kappa shape index (κ3) is 3.13. The van der Waals surface area contributed by atoms with Crippen molar-refractivity contribution in [3.05, 3.63) is 48.0 Å². The summed E-state index contributed by atoms with van der Waals surface area (Å²) in [6.07, 6.45) is 5.01. The minimum absolute atomic E-state index is 0.504. The van der Waals surface area contributed by atoms with E-state index < -0.39 is 5.60 Å². The van der Waals surface area contributed by atoms with Gasteiger partial charge in [0.1, 0.15) is 0 Å². The number of benzene rings is 2. The summed E-state index contributed by atoms with van der Waals surface area (Å²) >= 11 is 0. The quantitative estimate of drug-likeness (QED) is 0.843. The fourth-order valence-corrected chi connectivity index (χ4v) is 3.82. The average molecular weight is 282 g/mol. The highest BCUT2D eigenvalue weighted by Gasteiger charge is 2.34. The highest BCUT2D eigenvalue weighted by atomic mass is 16.3. The van der Waals surface area contributed by atoms with Crippen LogP contribution in [0.2, 0.25) is 0 Å². The molecule has 2 aromatic carbocycles. The summed E-state index contributed by atoms with van der Waals surface area (Å²) in [5.41, 5.74) is 0.786. The van der Waals surface area contributed by atoms with Crippen LogP contribution in [0, 0.1) is 11.8 Å². The first kappa shape index (κ1) is 14.6. The summed E-state index contributed by atoms with van der Waals surface area (Å²) in [6, 6.07) is 14.9. The fraction of sp³-hybridized carbons (Fsp3) is 0.500. The largest absolute Gasteiger partial charge is 0.390 e. The molecule has 1 aliphatic carbocycles. The lowest BCUT2D eigenvalue weighted by Crippen LogP contribution is -2.37. The monoisotopic (exact) mass is 282 g/mol. The summed E-state index contributed by atoms with van der Waals surface area (Å²) in [4.78, 5) is 0. The van der Waals surface area contributed by atoms with E-state index in [1.807, 2.05) is 0 Å². The predicted octanol–water partition coefficient (Wildman–Crippen LogP) is 4.96. The molecule has 112 valence electrons. The van der Waals surface area contributed by atoms with E-state index in [-0.39, 0.29) is 0 Å². The Bertz CT molecular complexity index is 601. The Balaban J connectivity index is 1.79. The second-order valence-electron chi connectivity index (χ2n) is 7.12. The molecule has 0 saturated heterocycles. The lowest BCUT2D eigenvalue weighted by Gasteiger charge is -2.38. The van der Waals surface area contributed by atoms with Crippen molar-refractivity contribution in [2.24, 2.45) is 11.8 Å². The van der Waals surface area contributed by atoms with E-state index in [1.54, 1.807) is 0 Å². The van der Waals surface area contributed by atoms with Gasteiger partial charge in [-0.1, -0.05) is 56.3 Å². The van der Waals surface area contributed by atoms with Crippen LogP contribution < -0.4 is 0 Å². The van der Waals surface area contributed by atoms with Gasteiger partial charge in [0, 0.05) is 6.42 Å². The van der Waals surface area contributed by atoms with Gasteiger partial charge in [-0.2, -0.15) is 0 Å². The Morgan fingerprint density at radius 3 is 2.43 bits per heavy atom. The third-order valence-electron chi connectivity index (χ3n) is 5.30. The van der Waals surface area contributed by atoms with Gasteiger partial charge in [0.15, 0.2) is 0 Å². The predicted molar refractivity (Wildman–Crippen MR) is 89.4 cm³/mol. The van der Waals surface area contributed by atoms with Crippen molar-refractivity contribution in [3.63, 3.8) is 0 Å². The first-order valence-corrected chi connectivity index (χ1v) is 8.26. The zero-order chi connectivity index (χ0) is 14.9. The van der Waals surface area contributed by atoms with Crippen molar-refractivity contribution in [3.8, 4) is 0 Å². The molecule has 1 fully saturated rings. The Kier molecular flexibility index (Phi) is 4.03. The molecule has 1 N–H and O–H groups in total. The van der Waals surface area contributed by atoms with Gasteiger partial charge in [0.25, 0.3) is 0 Å². The minimum atomic E-state index is -0.504. The number of hydrogen-bond acceptors (Lipinski definition) is 1. The van der Waals surface area contributed by atoms with E-state index in [1.165, 1.54) is 29.2 Å². The van der Waals surface area contributed by atoms with Crippen molar-refractivity contribution in [2.75, 3.05) is 0 Å². The fourth-order valence-electron chi connectivity index (χ4n) is 3.82. The molecule has 0 aliphatic heterocycles. The zero-order valence-corrected chi connectivity index (χ0v) is 13.2. The standard InChI is InChI=1S/C20H26O/c1-15(2)16-10-12-20(21,13-11-16)14-18-8-5-7-17-6-3-4-9-19(17)18/h3-9,15-16,21H,10-14H2,1-2H3. The van der Waals surface area contributed by atoms with E-state index in [4.69, 9.17) is 0 Å². The van der Waals surface area contributed by atoms with E-state index >= 15 is 0 Å². The zero-order valence-electron chi connectivity index (χ0n) is 13.2. The molecule has 0 radical (unpaired) electrons. The maximum atomic E-state index is 11.0. The molecule has 21 heavy (non-hydrogen) atoms. The highest BCUT2D eigenvalue weighted by molar-refractivity contribution is 5.85. The summed E-state index contributed by atoms with van der Waals surface area (Å²) in [5.74, 6) is 1.53. The van der Waals surface area contributed by atoms with Crippen LogP contribution in [0.25, 0.3) is 10.8 Å². The summed E-state index contributed by atoms with van der Waals surface area (Å²) < 4.78 is 0. The number of fused-ring (bicyclic) bond motifs is 1. The molecular weight excluding hydrogens is 256 g/mol. The second kappa shape index (κ2) is 5.81. The van der Waals surface area contributed by atoms with Crippen LogP contribution >= 0.6 is 0 Å². The summed E-state index contributed by atoms with van der Waals surface area (Å²) in [6.45, 7) is 4.61. The van der Waals surface area contributed by atoms with Crippen molar-refractivity contribution in [1.29, 1.82) is 0 Å². The van der Waals surface area contributed by atoms with Crippen LogP contribution in [0.4, 0.5) is 0 Å². The van der Waals surface area contributed by atoms with Crippen LogP contribution in [0.5, 0.6) is 0 Å². The molecular formula is C20H26O. The number of rotatable bonds is 3. The van der Waals surface area contributed by atoms with Gasteiger partial charge in [0.05, 0.1) is 5.60 Å². The SMILES string of the molecule is CC(C)C1CCC(O)(Cc2cccc3ccccc23)CC1. The van der Waals surface area contributed by atoms with E-state index in [2.05, 4.69) is 56.3 Å². The highest BCUT2D eigenvalue weighted by Crippen LogP contribution is 2.38. The maximum Gasteiger partial charge on any atom is 0.0688 e. The van der Waals surface area contributed by atoms with Crippen molar-refractivity contribution in [2.45, 2.75) is 51.6 Å².